The zero-order valence-corrected chi connectivity index (χ0v) is 12.2. The SMILES string of the molecule is Cc1nocc1NC(=O)NC(C)(c1ccc(F)cc1)C(F)(F)F. The molecule has 0 bridgehead atoms. The lowest BCUT2D eigenvalue weighted by Crippen LogP contribution is -2.55. The number of carbonyl (C=O) groups is 1. The van der Waals surface area contributed by atoms with E-state index in [9.17, 15) is 22.4 Å². The average Bonchev–Trinajstić information content (AvgIpc) is 2.83. The second-order valence-corrected chi connectivity index (χ2v) is 5.02. The first-order valence-corrected chi connectivity index (χ1v) is 6.46. The fourth-order valence-corrected chi connectivity index (χ4v) is 1.88. The first kappa shape index (κ1) is 16.8. The molecule has 23 heavy (non-hydrogen) atoms. The van der Waals surface area contributed by atoms with Crippen LogP contribution in [0.15, 0.2) is 35.1 Å². The van der Waals surface area contributed by atoms with Crippen molar-refractivity contribution in [1.29, 1.82) is 0 Å². The Balaban J connectivity index is 2.27. The number of urea groups is 1. The second kappa shape index (κ2) is 5.90. The molecule has 0 aliphatic heterocycles. The van der Waals surface area contributed by atoms with Crippen molar-refractivity contribution in [2.45, 2.75) is 25.6 Å². The highest BCUT2D eigenvalue weighted by molar-refractivity contribution is 5.90. The molecule has 2 amide bonds. The van der Waals surface area contributed by atoms with Crippen LogP contribution >= 0.6 is 0 Å². The summed E-state index contributed by atoms with van der Waals surface area (Å²) in [7, 11) is 0. The summed E-state index contributed by atoms with van der Waals surface area (Å²) in [5.74, 6) is -0.678. The van der Waals surface area contributed by atoms with E-state index < -0.39 is 23.6 Å². The molecule has 1 heterocycles. The standard InChI is InChI=1S/C14H13F4N3O2/c1-8-11(7-23-21-8)19-12(22)20-13(2,14(16,17)18)9-3-5-10(15)6-4-9/h3-7H,1-2H3,(H2,19,20,22). The minimum Gasteiger partial charge on any atom is -0.362 e. The smallest absolute Gasteiger partial charge is 0.362 e. The van der Waals surface area contributed by atoms with E-state index in [0.717, 1.165) is 37.5 Å². The van der Waals surface area contributed by atoms with E-state index >= 15 is 0 Å². The summed E-state index contributed by atoms with van der Waals surface area (Å²) in [6.45, 7) is 2.31. The maximum atomic E-state index is 13.4. The molecule has 5 nitrogen and oxygen atoms in total. The third kappa shape index (κ3) is 3.43. The molecule has 1 unspecified atom stereocenters. The molecule has 0 fully saturated rings. The van der Waals surface area contributed by atoms with Gasteiger partial charge in [-0.05, 0) is 31.5 Å². The van der Waals surface area contributed by atoms with Crippen LogP contribution in [-0.2, 0) is 5.54 Å². The Bertz CT molecular complexity index is 697. The number of aryl methyl sites for hydroxylation is 1. The molecule has 2 N–H and O–H groups in total. The van der Waals surface area contributed by atoms with Gasteiger partial charge in [-0.15, -0.1) is 0 Å². The quantitative estimate of drug-likeness (QED) is 0.842. The van der Waals surface area contributed by atoms with E-state index in [4.69, 9.17) is 0 Å². The van der Waals surface area contributed by atoms with Gasteiger partial charge in [-0.3, -0.25) is 0 Å². The van der Waals surface area contributed by atoms with Crippen LogP contribution in [0.3, 0.4) is 0 Å². The minimum atomic E-state index is -4.80. The molecule has 2 aromatic rings. The van der Waals surface area contributed by atoms with E-state index in [1.807, 2.05) is 5.32 Å². The van der Waals surface area contributed by atoms with Gasteiger partial charge in [0.15, 0.2) is 5.54 Å². The highest BCUT2D eigenvalue weighted by Crippen LogP contribution is 2.38. The van der Waals surface area contributed by atoms with Crippen LogP contribution < -0.4 is 10.6 Å². The Morgan fingerprint density at radius 1 is 1.22 bits per heavy atom. The van der Waals surface area contributed by atoms with Gasteiger partial charge >= 0.3 is 12.2 Å². The van der Waals surface area contributed by atoms with Crippen molar-refractivity contribution < 1.29 is 26.9 Å². The summed E-state index contributed by atoms with van der Waals surface area (Å²) in [5.41, 5.74) is -2.54. The lowest BCUT2D eigenvalue weighted by molar-refractivity contribution is -0.191. The molecule has 0 spiro atoms. The number of carbonyl (C=O) groups excluding carboxylic acids is 1. The maximum Gasteiger partial charge on any atom is 0.415 e. The Hall–Kier alpha value is -2.58. The van der Waals surface area contributed by atoms with Crippen LogP contribution in [0, 0.1) is 12.7 Å². The Morgan fingerprint density at radius 3 is 2.30 bits per heavy atom. The van der Waals surface area contributed by atoms with Gasteiger partial charge in [-0.1, -0.05) is 17.3 Å². The van der Waals surface area contributed by atoms with Crippen LogP contribution in [0.25, 0.3) is 0 Å². The summed E-state index contributed by atoms with van der Waals surface area (Å²) in [5, 5.41) is 7.59. The number of hydrogen-bond donors (Lipinski definition) is 2. The monoisotopic (exact) mass is 331 g/mol. The molecule has 124 valence electrons. The van der Waals surface area contributed by atoms with Crippen molar-refractivity contribution in [3.05, 3.63) is 47.6 Å². The van der Waals surface area contributed by atoms with Gasteiger partial charge in [0.1, 0.15) is 23.5 Å². The van der Waals surface area contributed by atoms with Gasteiger partial charge in [0.2, 0.25) is 0 Å². The molecule has 0 saturated heterocycles. The van der Waals surface area contributed by atoms with E-state index in [0.29, 0.717) is 5.69 Å². The van der Waals surface area contributed by atoms with Crippen LogP contribution in [0.4, 0.5) is 28.0 Å². The fraction of sp³-hybridized carbons (Fsp3) is 0.286. The van der Waals surface area contributed by atoms with Crippen molar-refractivity contribution in [2.24, 2.45) is 0 Å². The Labute approximate surface area is 128 Å². The predicted octanol–water partition coefficient (Wildman–Crippen LogP) is 3.72. The maximum absolute atomic E-state index is 13.4. The Kier molecular flexibility index (Phi) is 4.31. The molecule has 9 heteroatoms. The molecule has 1 aromatic carbocycles. The molecule has 2 rings (SSSR count). The van der Waals surface area contributed by atoms with E-state index in [-0.39, 0.29) is 11.3 Å². The van der Waals surface area contributed by atoms with Gasteiger partial charge < -0.3 is 15.2 Å². The van der Waals surface area contributed by atoms with E-state index in [1.165, 1.54) is 6.92 Å². The molecule has 0 radical (unpaired) electrons. The molecular weight excluding hydrogens is 318 g/mol. The first-order valence-electron chi connectivity index (χ1n) is 6.46. The second-order valence-electron chi connectivity index (χ2n) is 5.02. The van der Waals surface area contributed by atoms with Crippen molar-refractivity contribution in [2.75, 3.05) is 5.32 Å². The Morgan fingerprint density at radius 2 is 1.83 bits per heavy atom. The first-order chi connectivity index (χ1) is 10.6. The number of amides is 2. The van der Waals surface area contributed by atoms with Gasteiger partial charge in [0.25, 0.3) is 0 Å². The normalized spacial score (nSPS) is 14.2. The van der Waals surface area contributed by atoms with Gasteiger partial charge in [0.05, 0.1) is 0 Å². The number of benzene rings is 1. The molecular formula is C14H13F4N3O2. The lowest BCUT2D eigenvalue weighted by Gasteiger charge is -2.33. The van der Waals surface area contributed by atoms with Crippen LogP contribution in [0.1, 0.15) is 18.2 Å². The molecule has 0 aliphatic carbocycles. The lowest BCUT2D eigenvalue weighted by atomic mass is 9.91. The van der Waals surface area contributed by atoms with Crippen molar-refractivity contribution in [3.63, 3.8) is 0 Å². The summed E-state index contributed by atoms with van der Waals surface area (Å²) in [6.07, 6.45) is -3.70. The molecule has 0 aliphatic rings. The third-order valence-corrected chi connectivity index (χ3v) is 3.35. The van der Waals surface area contributed by atoms with Crippen LogP contribution in [-0.4, -0.2) is 17.4 Å². The van der Waals surface area contributed by atoms with E-state index in [1.54, 1.807) is 0 Å². The number of nitrogens with zero attached hydrogens (tertiary/aromatic N) is 1. The van der Waals surface area contributed by atoms with Gasteiger partial charge in [-0.2, -0.15) is 13.2 Å². The number of halogens is 4. The number of nitrogens with one attached hydrogen (secondary N) is 2. The number of hydrogen-bond acceptors (Lipinski definition) is 3. The zero-order chi connectivity index (χ0) is 17.3. The minimum absolute atomic E-state index is 0.145. The van der Waals surface area contributed by atoms with Gasteiger partial charge in [-0.25, -0.2) is 9.18 Å². The number of anilines is 1. The largest absolute Gasteiger partial charge is 0.415 e. The number of rotatable bonds is 3. The van der Waals surface area contributed by atoms with Gasteiger partial charge in [0, 0.05) is 0 Å². The van der Waals surface area contributed by atoms with E-state index in [2.05, 4.69) is 15.0 Å². The summed E-state index contributed by atoms with van der Waals surface area (Å²) >= 11 is 0. The zero-order valence-electron chi connectivity index (χ0n) is 12.2. The molecule has 1 aromatic heterocycles. The van der Waals surface area contributed by atoms with Crippen LogP contribution in [0.2, 0.25) is 0 Å². The third-order valence-electron chi connectivity index (χ3n) is 3.35. The van der Waals surface area contributed by atoms with Crippen molar-refractivity contribution in [1.82, 2.24) is 10.5 Å². The highest BCUT2D eigenvalue weighted by Gasteiger charge is 2.53. The number of aromatic nitrogens is 1. The molecule has 0 saturated carbocycles. The van der Waals surface area contributed by atoms with Crippen LogP contribution in [0.5, 0.6) is 0 Å². The fourth-order valence-electron chi connectivity index (χ4n) is 1.88. The topological polar surface area (TPSA) is 67.2 Å². The van der Waals surface area contributed by atoms with Crippen molar-refractivity contribution in [3.8, 4) is 0 Å². The summed E-state index contributed by atoms with van der Waals surface area (Å²) < 4.78 is 57.8. The summed E-state index contributed by atoms with van der Waals surface area (Å²) in [6, 6.07) is 2.62. The van der Waals surface area contributed by atoms with Crippen molar-refractivity contribution >= 4 is 11.7 Å². The summed E-state index contributed by atoms with van der Waals surface area (Å²) in [4.78, 5) is 11.9. The predicted molar refractivity (Wildman–Crippen MR) is 73.2 cm³/mol. The highest BCUT2D eigenvalue weighted by atomic mass is 19.4. The molecule has 1 atom stereocenters. The average molecular weight is 331 g/mol. The number of alkyl halides is 3.